The van der Waals surface area contributed by atoms with Crippen molar-refractivity contribution in [3.05, 3.63) is 63.9 Å². The molecule has 0 aliphatic rings. The molecule has 0 radical (unpaired) electrons. The first-order valence-corrected chi connectivity index (χ1v) is 7.80. The predicted octanol–water partition coefficient (Wildman–Crippen LogP) is 5.10. The summed E-state index contributed by atoms with van der Waals surface area (Å²) in [5, 5.41) is 13.5. The molecular formula is C17H19BrFNO. The van der Waals surface area contributed by atoms with Gasteiger partial charge >= 0.3 is 0 Å². The summed E-state index contributed by atoms with van der Waals surface area (Å²) in [4.78, 5) is 0. The molecule has 0 spiro atoms. The van der Waals surface area contributed by atoms with E-state index in [-0.39, 0.29) is 23.7 Å². The fraction of sp³-hybridized carbons (Fsp3) is 0.294. The van der Waals surface area contributed by atoms with Crippen LogP contribution in [0.3, 0.4) is 0 Å². The van der Waals surface area contributed by atoms with Gasteiger partial charge in [0.15, 0.2) is 0 Å². The lowest BCUT2D eigenvalue weighted by molar-refractivity contribution is 0.419. The van der Waals surface area contributed by atoms with Crippen molar-refractivity contribution in [2.24, 2.45) is 0 Å². The highest BCUT2D eigenvalue weighted by atomic mass is 79.9. The Bertz CT molecular complexity index is 600. The fourth-order valence-electron chi connectivity index (χ4n) is 2.38. The molecule has 2 N–H and O–H groups in total. The molecule has 0 bridgehead atoms. The van der Waals surface area contributed by atoms with Crippen LogP contribution in [0.5, 0.6) is 5.75 Å². The zero-order chi connectivity index (χ0) is 15.4. The summed E-state index contributed by atoms with van der Waals surface area (Å²) in [6.07, 6.45) is 0.843. The number of halogens is 2. The summed E-state index contributed by atoms with van der Waals surface area (Å²) in [6.45, 7) is 4.10. The predicted molar refractivity (Wildman–Crippen MR) is 86.8 cm³/mol. The third-order valence-electron chi connectivity index (χ3n) is 3.59. The minimum absolute atomic E-state index is 0.0301. The second kappa shape index (κ2) is 7.05. The molecule has 0 saturated heterocycles. The van der Waals surface area contributed by atoms with Crippen molar-refractivity contribution < 1.29 is 9.50 Å². The number of hydrogen-bond acceptors (Lipinski definition) is 2. The third kappa shape index (κ3) is 4.05. The number of nitrogens with one attached hydrogen (secondary N) is 1. The second-order valence-electron chi connectivity index (χ2n) is 5.10. The van der Waals surface area contributed by atoms with Gasteiger partial charge in [-0.15, -0.1) is 0 Å². The first-order chi connectivity index (χ1) is 10.0. The molecule has 4 heteroatoms. The Morgan fingerprint density at radius 3 is 2.48 bits per heavy atom. The maximum absolute atomic E-state index is 13.0. The van der Waals surface area contributed by atoms with Crippen molar-refractivity contribution in [1.29, 1.82) is 0 Å². The van der Waals surface area contributed by atoms with Crippen LogP contribution in [-0.4, -0.2) is 5.11 Å². The Morgan fingerprint density at radius 1 is 1.19 bits per heavy atom. The van der Waals surface area contributed by atoms with Crippen molar-refractivity contribution in [3.63, 3.8) is 0 Å². The van der Waals surface area contributed by atoms with E-state index in [1.807, 2.05) is 19.1 Å². The lowest BCUT2D eigenvalue weighted by atomic mass is 10.0. The highest BCUT2D eigenvalue weighted by Crippen LogP contribution is 2.31. The van der Waals surface area contributed by atoms with Gasteiger partial charge in [-0.05, 0) is 49.2 Å². The summed E-state index contributed by atoms with van der Waals surface area (Å²) in [5.41, 5.74) is 1.88. The summed E-state index contributed by atoms with van der Waals surface area (Å²) in [6, 6.07) is 12.0. The van der Waals surface area contributed by atoms with Crippen LogP contribution in [0.15, 0.2) is 46.9 Å². The molecule has 2 atom stereocenters. The van der Waals surface area contributed by atoms with Crippen LogP contribution in [-0.2, 0) is 0 Å². The molecule has 112 valence electrons. The lowest BCUT2D eigenvalue weighted by Gasteiger charge is -2.24. The number of phenolic OH excluding ortho intramolecular Hbond substituents is 1. The van der Waals surface area contributed by atoms with Gasteiger partial charge in [-0.2, -0.15) is 0 Å². The average molecular weight is 352 g/mol. The molecule has 2 aromatic rings. The van der Waals surface area contributed by atoms with Crippen LogP contribution in [0.2, 0.25) is 0 Å². The van der Waals surface area contributed by atoms with Crippen molar-refractivity contribution in [2.75, 3.05) is 0 Å². The summed E-state index contributed by atoms with van der Waals surface area (Å²) in [5.74, 6) is 0.0477. The maximum atomic E-state index is 13.0. The molecule has 1 unspecified atom stereocenters. The standard InChI is InChI=1S/C17H19BrFNO/c1-3-16(15-10-13(18)6-9-17(15)21)20-11(2)12-4-7-14(19)8-5-12/h4-11,16,20-21H,3H2,1-2H3/t11-,16?/m1/s1. The van der Waals surface area contributed by atoms with E-state index in [1.165, 1.54) is 12.1 Å². The number of hydrogen-bond donors (Lipinski definition) is 2. The van der Waals surface area contributed by atoms with E-state index in [1.54, 1.807) is 18.2 Å². The van der Waals surface area contributed by atoms with Crippen molar-refractivity contribution in [1.82, 2.24) is 5.32 Å². The topological polar surface area (TPSA) is 32.3 Å². The molecule has 21 heavy (non-hydrogen) atoms. The van der Waals surface area contributed by atoms with Crippen molar-refractivity contribution >= 4 is 15.9 Å². The molecule has 0 amide bonds. The summed E-state index contributed by atoms with van der Waals surface area (Å²) >= 11 is 3.43. The Balaban J connectivity index is 2.18. The van der Waals surface area contributed by atoms with Crippen LogP contribution in [0.1, 0.15) is 43.5 Å². The van der Waals surface area contributed by atoms with Gasteiger partial charge < -0.3 is 10.4 Å². The Labute approximate surface area is 133 Å². The van der Waals surface area contributed by atoms with Gasteiger partial charge in [-0.1, -0.05) is 35.0 Å². The molecule has 2 nitrogen and oxygen atoms in total. The van der Waals surface area contributed by atoms with Crippen molar-refractivity contribution in [2.45, 2.75) is 32.4 Å². The van der Waals surface area contributed by atoms with Gasteiger partial charge in [0, 0.05) is 22.1 Å². The minimum atomic E-state index is -0.234. The van der Waals surface area contributed by atoms with Gasteiger partial charge in [0.05, 0.1) is 0 Å². The van der Waals surface area contributed by atoms with E-state index >= 15 is 0 Å². The summed E-state index contributed by atoms with van der Waals surface area (Å²) in [7, 11) is 0. The van der Waals surface area contributed by atoms with Crippen LogP contribution in [0.4, 0.5) is 4.39 Å². The zero-order valence-corrected chi connectivity index (χ0v) is 13.7. The molecule has 0 fully saturated rings. The molecule has 0 saturated carbocycles. The highest BCUT2D eigenvalue weighted by molar-refractivity contribution is 9.10. The first kappa shape index (κ1) is 16.0. The highest BCUT2D eigenvalue weighted by Gasteiger charge is 2.17. The van der Waals surface area contributed by atoms with Gasteiger partial charge in [0.1, 0.15) is 11.6 Å². The largest absolute Gasteiger partial charge is 0.508 e. The van der Waals surface area contributed by atoms with E-state index in [0.29, 0.717) is 0 Å². The zero-order valence-electron chi connectivity index (χ0n) is 12.1. The number of aromatic hydroxyl groups is 1. The van der Waals surface area contributed by atoms with Crippen LogP contribution >= 0.6 is 15.9 Å². The number of benzene rings is 2. The summed E-state index contributed by atoms with van der Waals surface area (Å²) < 4.78 is 13.9. The SMILES string of the molecule is CCC(N[C@H](C)c1ccc(F)cc1)c1cc(Br)ccc1O. The maximum Gasteiger partial charge on any atom is 0.123 e. The van der Waals surface area contributed by atoms with Crippen molar-refractivity contribution in [3.8, 4) is 5.75 Å². The van der Waals surface area contributed by atoms with E-state index in [2.05, 4.69) is 28.2 Å². The van der Waals surface area contributed by atoms with E-state index in [4.69, 9.17) is 0 Å². The molecule has 0 aromatic heterocycles. The lowest BCUT2D eigenvalue weighted by Crippen LogP contribution is -2.24. The van der Waals surface area contributed by atoms with E-state index in [0.717, 1.165) is 22.0 Å². The first-order valence-electron chi connectivity index (χ1n) is 7.01. The molecular weight excluding hydrogens is 333 g/mol. The second-order valence-corrected chi connectivity index (χ2v) is 6.02. The van der Waals surface area contributed by atoms with E-state index < -0.39 is 0 Å². The number of rotatable bonds is 5. The van der Waals surface area contributed by atoms with Crippen LogP contribution in [0, 0.1) is 5.82 Å². The molecule has 2 rings (SSSR count). The number of phenols is 1. The fourth-order valence-corrected chi connectivity index (χ4v) is 2.76. The molecule has 0 heterocycles. The third-order valence-corrected chi connectivity index (χ3v) is 4.09. The van der Waals surface area contributed by atoms with E-state index in [9.17, 15) is 9.50 Å². The van der Waals surface area contributed by atoms with Gasteiger partial charge in [-0.3, -0.25) is 0 Å². The Kier molecular flexibility index (Phi) is 5.37. The molecule has 2 aromatic carbocycles. The van der Waals surface area contributed by atoms with Crippen LogP contribution in [0.25, 0.3) is 0 Å². The quantitative estimate of drug-likeness (QED) is 0.785. The monoisotopic (exact) mass is 351 g/mol. The average Bonchev–Trinajstić information content (AvgIpc) is 2.48. The van der Waals surface area contributed by atoms with Gasteiger partial charge in [-0.25, -0.2) is 4.39 Å². The van der Waals surface area contributed by atoms with Crippen LogP contribution < -0.4 is 5.32 Å². The van der Waals surface area contributed by atoms with Gasteiger partial charge in [0.2, 0.25) is 0 Å². The Hall–Kier alpha value is -1.39. The smallest absolute Gasteiger partial charge is 0.123 e. The Morgan fingerprint density at radius 2 is 1.86 bits per heavy atom. The minimum Gasteiger partial charge on any atom is -0.508 e. The van der Waals surface area contributed by atoms with Gasteiger partial charge in [0.25, 0.3) is 0 Å². The molecule has 0 aliphatic heterocycles. The molecule has 0 aliphatic carbocycles. The normalized spacial score (nSPS) is 13.9.